The molecule has 0 radical (unpaired) electrons. The van der Waals surface area contributed by atoms with Gasteiger partial charge in [-0.2, -0.15) is 4.98 Å². The van der Waals surface area contributed by atoms with E-state index in [0.717, 1.165) is 31.4 Å². The van der Waals surface area contributed by atoms with Gasteiger partial charge in [0.1, 0.15) is 0 Å². The molecule has 0 amide bonds. The van der Waals surface area contributed by atoms with Crippen LogP contribution in [0.25, 0.3) is 0 Å². The fourth-order valence-corrected chi connectivity index (χ4v) is 2.95. The monoisotopic (exact) mass is 250 g/mol. The highest BCUT2D eigenvalue weighted by Gasteiger charge is 2.38. The molecule has 1 saturated heterocycles. The van der Waals surface area contributed by atoms with Gasteiger partial charge in [-0.25, -0.2) is 0 Å². The van der Waals surface area contributed by atoms with E-state index in [1.807, 2.05) is 0 Å². The second-order valence-corrected chi connectivity index (χ2v) is 5.94. The van der Waals surface area contributed by atoms with E-state index in [1.165, 1.54) is 19.2 Å². The van der Waals surface area contributed by atoms with Gasteiger partial charge in [0, 0.05) is 25.2 Å². The Morgan fingerprint density at radius 2 is 2.33 bits per heavy atom. The zero-order valence-corrected chi connectivity index (χ0v) is 11.2. The van der Waals surface area contributed by atoms with Crippen molar-refractivity contribution < 1.29 is 4.52 Å². The van der Waals surface area contributed by atoms with E-state index >= 15 is 0 Å². The Balaban J connectivity index is 1.68. The van der Waals surface area contributed by atoms with Crippen LogP contribution in [0.2, 0.25) is 0 Å². The van der Waals surface area contributed by atoms with E-state index in [2.05, 4.69) is 34.2 Å². The third kappa shape index (κ3) is 2.57. The molecule has 18 heavy (non-hydrogen) atoms. The minimum absolute atomic E-state index is 0.568. The van der Waals surface area contributed by atoms with Crippen LogP contribution in [0.1, 0.15) is 32.5 Å². The summed E-state index contributed by atoms with van der Waals surface area (Å²) in [7, 11) is 0. The average molecular weight is 250 g/mol. The lowest BCUT2D eigenvalue weighted by molar-refractivity contribution is 0.0819. The molecular weight excluding hydrogens is 228 g/mol. The molecule has 3 rings (SSSR count). The summed E-state index contributed by atoms with van der Waals surface area (Å²) in [5.41, 5.74) is 0. The van der Waals surface area contributed by atoms with Gasteiger partial charge in [-0.3, -0.25) is 4.90 Å². The average Bonchev–Trinajstić information content (AvgIpc) is 3.08. The Bertz CT molecular complexity index is 374. The van der Waals surface area contributed by atoms with Crippen molar-refractivity contribution >= 4 is 0 Å². The normalized spacial score (nSPS) is 29.9. The molecule has 1 aliphatic heterocycles. The molecule has 1 N–H and O–H groups in total. The van der Waals surface area contributed by atoms with Gasteiger partial charge in [0.25, 0.3) is 0 Å². The summed E-state index contributed by atoms with van der Waals surface area (Å²) in [6.07, 6.45) is 4.19. The van der Waals surface area contributed by atoms with E-state index in [4.69, 9.17) is 4.52 Å². The molecule has 1 aromatic heterocycles. The Kier molecular flexibility index (Phi) is 3.35. The lowest BCUT2D eigenvalue weighted by atomic mass is 9.97. The van der Waals surface area contributed by atoms with Gasteiger partial charge in [-0.1, -0.05) is 19.0 Å². The molecule has 5 heteroatoms. The molecule has 2 atom stereocenters. The maximum absolute atomic E-state index is 4.83. The summed E-state index contributed by atoms with van der Waals surface area (Å²) in [5.74, 6) is 2.34. The summed E-state index contributed by atoms with van der Waals surface area (Å²) < 4.78 is 4.83. The zero-order valence-electron chi connectivity index (χ0n) is 11.2. The first-order valence-electron chi connectivity index (χ1n) is 6.96. The predicted molar refractivity (Wildman–Crippen MR) is 67.8 cm³/mol. The number of rotatable bonds is 4. The van der Waals surface area contributed by atoms with Crippen LogP contribution in [-0.4, -0.2) is 40.2 Å². The molecule has 1 aromatic rings. The van der Waals surface area contributed by atoms with Crippen LogP contribution in [0, 0.1) is 11.8 Å². The van der Waals surface area contributed by atoms with Gasteiger partial charge in [-0.05, 0) is 24.7 Å². The van der Waals surface area contributed by atoms with Crippen molar-refractivity contribution in [3.63, 3.8) is 0 Å². The largest absolute Gasteiger partial charge is 0.343 e. The van der Waals surface area contributed by atoms with Gasteiger partial charge in [0.05, 0.1) is 6.54 Å². The Hall–Kier alpha value is -0.940. The van der Waals surface area contributed by atoms with Crippen LogP contribution >= 0.6 is 0 Å². The van der Waals surface area contributed by atoms with E-state index in [9.17, 15) is 0 Å². The first-order chi connectivity index (χ1) is 8.74. The van der Waals surface area contributed by atoms with E-state index in [-0.39, 0.29) is 0 Å². The van der Waals surface area contributed by atoms with Crippen LogP contribution in [-0.2, 0) is 6.54 Å². The number of aromatic nitrogens is 2. The van der Waals surface area contributed by atoms with Crippen LogP contribution in [0.5, 0.6) is 0 Å². The molecule has 0 bridgehead atoms. The lowest BCUT2D eigenvalue weighted by Gasteiger charge is -2.42. The highest BCUT2D eigenvalue weighted by atomic mass is 16.5. The molecule has 1 aliphatic carbocycles. The van der Waals surface area contributed by atoms with E-state index in [0.29, 0.717) is 18.0 Å². The third-order valence-corrected chi connectivity index (χ3v) is 4.20. The predicted octanol–water partition coefficient (Wildman–Crippen LogP) is 1.28. The van der Waals surface area contributed by atoms with Crippen molar-refractivity contribution in [2.75, 3.05) is 13.1 Å². The van der Waals surface area contributed by atoms with Crippen molar-refractivity contribution in [1.82, 2.24) is 20.4 Å². The first kappa shape index (κ1) is 12.1. The topological polar surface area (TPSA) is 54.2 Å². The number of hydrogen-bond acceptors (Lipinski definition) is 5. The van der Waals surface area contributed by atoms with Gasteiger partial charge in [0.15, 0.2) is 5.82 Å². The molecule has 0 spiro atoms. The standard InChI is InChI=1S/C13H22N4O/c1-9(2)12-5-14-11(10-3-4-10)6-17(12)7-13-15-8-18-16-13/h8-12,14H,3-7H2,1-2H3. The Labute approximate surface area is 108 Å². The van der Waals surface area contributed by atoms with Crippen LogP contribution in [0.4, 0.5) is 0 Å². The van der Waals surface area contributed by atoms with Gasteiger partial charge < -0.3 is 9.84 Å². The van der Waals surface area contributed by atoms with Crippen LogP contribution in [0.3, 0.4) is 0 Å². The van der Waals surface area contributed by atoms with Crippen molar-refractivity contribution in [2.24, 2.45) is 11.8 Å². The summed E-state index contributed by atoms with van der Waals surface area (Å²) in [6, 6.07) is 1.23. The quantitative estimate of drug-likeness (QED) is 0.872. The minimum atomic E-state index is 0.568. The highest BCUT2D eigenvalue weighted by molar-refractivity contribution is 4.96. The number of nitrogens with one attached hydrogen (secondary N) is 1. The van der Waals surface area contributed by atoms with Crippen molar-refractivity contribution in [3.05, 3.63) is 12.2 Å². The maximum atomic E-state index is 4.83. The zero-order chi connectivity index (χ0) is 12.5. The molecule has 1 saturated carbocycles. The molecule has 100 valence electrons. The fourth-order valence-electron chi connectivity index (χ4n) is 2.95. The Morgan fingerprint density at radius 1 is 1.50 bits per heavy atom. The molecule has 2 heterocycles. The Morgan fingerprint density at radius 3 is 2.94 bits per heavy atom. The van der Waals surface area contributed by atoms with Crippen LogP contribution in [0.15, 0.2) is 10.9 Å². The molecular formula is C13H22N4O. The minimum Gasteiger partial charge on any atom is -0.343 e. The maximum Gasteiger partial charge on any atom is 0.213 e. The first-order valence-corrected chi connectivity index (χ1v) is 6.96. The molecule has 0 aromatic carbocycles. The highest BCUT2D eigenvalue weighted by Crippen LogP contribution is 2.35. The van der Waals surface area contributed by atoms with E-state index < -0.39 is 0 Å². The van der Waals surface area contributed by atoms with Gasteiger partial charge >= 0.3 is 0 Å². The van der Waals surface area contributed by atoms with Crippen molar-refractivity contribution in [2.45, 2.75) is 45.3 Å². The van der Waals surface area contributed by atoms with Crippen molar-refractivity contribution in [1.29, 1.82) is 0 Å². The summed E-state index contributed by atoms with van der Waals surface area (Å²) >= 11 is 0. The summed E-state index contributed by atoms with van der Waals surface area (Å²) in [6.45, 7) is 7.57. The second-order valence-electron chi connectivity index (χ2n) is 5.94. The second kappa shape index (κ2) is 4.97. The molecule has 2 aliphatic rings. The number of piperazine rings is 1. The van der Waals surface area contributed by atoms with Gasteiger partial charge in [-0.15, -0.1) is 0 Å². The van der Waals surface area contributed by atoms with Crippen molar-refractivity contribution in [3.8, 4) is 0 Å². The molecule has 5 nitrogen and oxygen atoms in total. The summed E-state index contributed by atoms with van der Waals surface area (Å²) in [4.78, 5) is 6.67. The smallest absolute Gasteiger partial charge is 0.213 e. The fraction of sp³-hybridized carbons (Fsp3) is 0.846. The van der Waals surface area contributed by atoms with Gasteiger partial charge in [0.2, 0.25) is 6.39 Å². The van der Waals surface area contributed by atoms with E-state index in [1.54, 1.807) is 0 Å². The third-order valence-electron chi connectivity index (χ3n) is 4.20. The lowest BCUT2D eigenvalue weighted by Crippen LogP contribution is -2.58. The summed E-state index contributed by atoms with van der Waals surface area (Å²) in [5, 5.41) is 7.66. The SMILES string of the molecule is CC(C)C1CNC(C2CC2)CN1Cc1ncon1. The molecule has 2 fully saturated rings. The number of nitrogens with zero attached hydrogens (tertiary/aromatic N) is 3. The molecule has 2 unspecified atom stereocenters. The van der Waals surface area contributed by atoms with Crippen LogP contribution < -0.4 is 5.32 Å². The number of hydrogen-bond donors (Lipinski definition) is 1.